The van der Waals surface area contributed by atoms with Crippen molar-refractivity contribution >= 4 is 10.3 Å². The molecular formula is C11H22F2N2O3S. The Bertz CT molecular complexity index is 333. The Morgan fingerprint density at radius 2 is 1.74 bits per heavy atom. The van der Waals surface area contributed by atoms with Crippen LogP contribution in [-0.2, 0) is 14.5 Å². The molecule has 1 fully saturated rings. The number of hydrogen-bond acceptors (Lipinski definition) is 4. The molecule has 1 heterocycles. The molecule has 0 bridgehead atoms. The van der Waals surface area contributed by atoms with Crippen molar-refractivity contribution in [2.45, 2.75) is 38.5 Å². The van der Waals surface area contributed by atoms with Gasteiger partial charge in [-0.2, -0.15) is 12.7 Å². The smallest absolute Gasteiger partial charge is 0.314 e. The zero-order valence-corrected chi connectivity index (χ0v) is 11.8. The molecule has 8 heteroatoms. The highest BCUT2D eigenvalue weighted by atomic mass is 32.2. The minimum atomic E-state index is -3.62. The van der Waals surface area contributed by atoms with E-state index in [0.29, 0.717) is 51.9 Å². The van der Waals surface area contributed by atoms with Crippen LogP contribution in [-0.4, -0.2) is 51.9 Å². The van der Waals surface area contributed by atoms with Gasteiger partial charge in [0.25, 0.3) is 0 Å². The van der Waals surface area contributed by atoms with E-state index in [9.17, 15) is 17.2 Å². The number of piperazine rings is 1. The van der Waals surface area contributed by atoms with Crippen LogP contribution in [0, 0.1) is 0 Å². The van der Waals surface area contributed by atoms with E-state index in [1.807, 2.05) is 0 Å². The molecule has 1 saturated heterocycles. The number of hydrogen-bond donors (Lipinski definition) is 1. The third kappa shape index (κ3) is 7.14. The first-order valence-corrected chi connectivity index (χ1v) is 8.02. The van der Waals surface area contributed by atoms with Gasteiger partial charge in [0.2, 0.25) is 6.43 Å². The maximum Gasteiger partial charge on any atom is 0.338 e. The minimum absolute atomic E-state index is 0.0834. The number of rotatable bonds is 9. The lowest BCUT2D eigenvalue weighted by molar-refractivity contribution is 0.133. The van der Waals surface area contributed by atoms with Crippen molar-refractivity contribution in [1.82, 2.24) is 9.62 Å². The molecule has 1 aliphatic rings. The van der Waals surface area contributed by atoms with Crippen LogP contribution in [0.2, 0.25) is 0 Å². The van der Waals surface area contributed by atoms with E-state index in [1.54, 1.807) is 0 Å². The highest BCUT2D eigenvalue weighted by Gasteiger charge is 2.24. The van der Waals surface area contributed by atoms with E-state index in [1.165, 1.54) is 4.31 Å². The number of nitrogens with one attached hydrogen (secondary N) is 1. The normalized spacial score (nSPS) is 18.1. The Kier molecular flexibility index (Phi) is 7.74. The predicted molar refractivity (Wildman–Crippen MR) is 68.4 cm³/mol. The van der Waals surface area contributed by atoms with Crippen molar-refractivity contribution in [2.24, 2.45) is 0 Å². The molecule has 0 radical (unpaired) electrons. The van der Waals surface area contributed by atoms with E-state index in [4.69, 9.17) is 4.18 Å². The molecule has 0 amide bonds. The summed E-state index contributed by atoms with van der Waals surface area (Å²) in [5.41, 5.74) is 0. The average Bonchev–Trinajstić information content (AvgIpc) is 2.38. The first kappa shape index (κ1) is 16.7. The van der Waals surface area contributed by atoms with Gasteiger partial charge in [-0.05, 0) is 12.8 Å². The summed E-state index contributed by atoms with van der Waals surface area (Å²) in [7, 11) is -3.62. The van der Waals surface area contributed by atoms with E-state index in [0.717, 1.165) is 0 Å². The fraction of sp³-hybridized carbons (Fsp3) is 1.00. The van der Waals surface area contributed by atoms with Gasteiger partial charge in [-0.15, -0.1) is 0 Å². The van der Waals surface area contributed by atoms with Gasteiger partial charge in [0.05, 0.1) is 6.61 Å². The predicted octanol–water partition coefficient (Wildman–Crippen LogP) is 1.37. The number of unbranched alkanes of at least 4 members (excludes halogenated alkanes) is 3. The van der Waals surface area contributed by atoms with Crippen LogP contribution in [0.5, 0.6) is 0 Å². The van der Waals surface area contributed by atoms with Crippen LogP contribution in [0.4, 0.5) is 8.78 Å². The number of nitrogens with zero attached hydrogens (tertiary/aromatic N) is 1. The summed E-state index contributed by atoms with van der Waals surface area (Å²) in [6, 6.07) is 0. The van der Waals surface area contributed by atoms with Crippen molar-refractivity contribution in [3.05, 3.63) is 0 Å². The van der Waals surface area contributed by atoms with Gasteiger partial charge in [-0.1, -0.05) is 12.8 Å². The molecule has 0 unspecified atom stereocenters. The molecule has 0 aromatic rings. The van der Waals surface area contributed by atoms with Gasteiger partial charge in [0.15, 0.2) is 0 Å². The van der Waals surface area contributed by atoms with Crippen LogP contribution >= 0.6 is 0 Å². The van der Waals surface area contributed by atoms with Gasteiger partial charge in [0, 0.05) is 32.6 Å². The van der Waals surface area contributed by atoms with E-state index in [2.05, 4.69) is 5.32 Å². The Labute approximate surface area is 113 Å². The molecule has 19 heavy (non-hydrogen) atoms. The molecule has 1 N–H and O–H groups in total. The lowest BCUT2D eigenvalue weighted by atomic mass is 10.1. The quantitative estimate of drug-likeness (QED) is 0.653. The molecule has 0 aromatic heterocycles. The van der Waals surface area contributed by atoms with Crippen molar-refractivity contribution < 1.29 is 21.4 Å². The molecule has 1 rings (SSSR count). The summed E-state index contributed by atoms with van der Waals surface area (Å²) in [5.74, 6) is 0. The van der Waals surface area contributed by atoms with E-state index >= 15 is 0 Å². The maximum absolute atomic E-state index is 11.9. The summed E-state index contributed by atoms with van der Waals surface area (Å²) in [6.07, 6.45) is 0.117. The van der Waals surface area contributed by atoms with E-state index in [-0.39, 0.29) is 13.0 Å². The second-order valence-electron chi connectivity index (χ2n) is 4.52. The SMILES string of the molecule is O=S(=O)(OCCCCCCC(F)F)N1CCNCC1. The molecule has 0 aromatic carbocycles. The molecule has 0 saturated carbocycles. The van der Waals surface area contributed by atoms with Crippen molar-refractivity contribution in [2.75, 3.05) is 32.8 Å². The van der Waals surface area contributed by atoms with Crippen LogP contribution in [0.25, 0.3) is 0 Å². The van der Waals surface area contributed by atoms with Crippen LogP contribution in [0.3, 0.4) is 0 Å². The Morgan fingerprint density at radius 1 is 1.11 bits per heavy atom. The minimum Gasteiger partial charge on any atom is -0.314 e. The third-order valence-corrected chi connectivity index (χ3v) is 4.40. The van der Waals surface area contributed by atoms with Crippen LogP contribution < -0.4 is 5.32 Å². The molecule has 0 aliphatic carbocycles. The highest BCUT2D eigenvalue weighted by molar-refractivity contribution is 7.84. The van der Waals surface area contributed by atoms with Gasteiger partial charge in [0.1, 0.15) is 0 Å². The summed E-state index contributed by atoms with van der Waals surface area (Å²) in [6.45, 7) is 2.25. The number of alkyl halides is 2. The second-order valence-corrected chi connectivity index (χ2v) is 6.13. The average molecular weight is 300 g/mol. The van der Waals surface area contributed by atoms with Crippen LogP contribution in [0.1, 0.15) is 32.1 Å². The maximum atomic E-state index is 11.9. The fourth-order valence-corrected chi connectivity index (χ4v) is 2.97. The first-order valence-electron chi connectivity index (χ1n) is 6.66. The summed E-state index contributed by atoms with van der Waals surface area (Å²) >= 11 is 0. The Morgan fingerprint density at radius 3 is 2.37 bits per heavy atom. The van der Waals surface area contributed by atoms with Gasteiger partial charge >= 0.3 is 10.3 Å². The standard InChI is InChI=1S/C11H22F2N2O3S/c12-11(13)5-3-1-2-4-10-18-19(16,17)15-8-6-14-7-9-15/h11,14H,1-10H2. The summed E-state index contributed by atoms with van der Waals surface area (Å²) < 4.78 is 53.4. The highest BCUT2D eigenvalue weighted by Crippen LogP contribution is 2.10. The van der Waals surface area contributed by atoms with Crippen molar-refractivity contribution in [3.63, 3.8) is 0 Å². The second kappa shape index (κ2) is 8.78. The topological polar surface area (TPSA) is 58.6 Å². The monoisotopic (exact) mass is 300 g/mol. The van der Waals surface area contributed by atoms with Crippen molar-refractivity contribution in [3.8, 4) is 0 Å². The zero-order chi connectivity index (χ0) is 14.1. The summed E-state index contributed by atoms with van der Waals surface area (Å²) in [5, 5.41) is 3.06. The Hall–Kier alpha value is -0.310. The zero-order valence-electron chi connectivity index (χ0n) is 11.0. The lowest BCUT2D eigenvalue weighted by Gasteiger charge is -2.25. The largest absolute Gasteiger partial charge is 0.338 e. The van der Waals surface area contributed by atoms with Crippen LogP contribution in [0.15, 0.2) is 0 Å². The molecule has 5 nitrogen and oxygen atoms in total. The third-order valence-electron chi connectivity index (χ3n) is 2.94. The first-order chi connectivity index (χ1) is 9.02. The fourth-order valence-electron chi connectivity index (χ4n) is 1.86. The van der Waals surface area contributed by atoms with Crippen molar-refractivity contribution in [1.29, 1.82) is 0 Å². The molecular weight excluding hydrogens is 278 g/mol. The molecule has 0 spiro atoms. The summed E-state index contributed by atoms with van der Waals surface area (Å²) in [4.78, 5) is 0. The molecule has 0 atom stereocenters. The number of halogens is 2. The van der Waals surface area contributed by atoms with Gasteiger partial charge in [-0.25, -0.2) is 8.78 Å². The van der Waals surface area contributed by atoms with Gasteiger partial charge in [-0.3, -0.25) is 4.18 Å². The Balaban J connectivity index is 2.07. The van der Waals surface area contributed by atoms with Gasteiger partial charge < -0.3 is 5.32 Å². The molecule has 114 valence electrons. The molecule has 1 aliphatic heterocycles. The lowest BCUT2D eigenvalue weighted by Crippen LogP contribution is -2.46. The van der Waals surface area contributed by atoms with E-state index < -0.39 is 16.7 Å².